The molecule has 0 amide bonds. The first-order chi connectivity index (χ1) is 27.8. The minimum atomic E-state index is -0.554. The zero-order valence-electron chi connectivity index (χ0n) is 29.9. The molecule has 4 heterocycles. The van der Waals surface area contributed by atoms with Crippen LogP contribution in [-0.2, 0) is 5.41 Å². The Morgan fingerprint density at radius 1 is 0.482 bits per heavy atom. The molecule has 4 nitrogen and oxygen atoms in total. The van der Waals surface area contributed by atoms with Crippen LogP contribution in [0.3, 0.4) is 0 Å². The van der Waals surface area contributed by atoms with Gasteiger partial charge in [-0.25, -0.2) is 9.97 Å². The number of benzene rings is 8. The van der Waals surface area contributed by atoms with Crippen molar-refractivity contribution in [1.29, 1.82) is 0 Å². The van der Waals surface area contributed by atoms with Crippen LogP contribution in [0, 0.1) is 0 Å². The monoisotopic (exact) mass is 731 g/mol. The van der Waals surface area contributed by atoms with Gasteiger partial charge in [-0.1, -0.05) is 152 Å². The van der Waals surface area contributed by atoms with E-state index in [1.165, 1.54) is 37.7 Å². The van der Waals surface area contributed by atoms with Gasteiger partial charge in [-0.15, -0.1) is 11.3 Å². The molecule has 11 aromatic rings. The highest BCUT2D eigenvalue weighted by atomic mass is 32.1. The van der Waals surface area contributed by atoms with Gasteiger partial charge in [0.2, 0.25) is 5.95 Å². The van der Waals surface area contributed by atoms with E-state index in [9.17, 15) is 0 Å². The summed E-state index contributed by atoms with van der Waals surface area (Å²) in [5.74, 6) is 2.38. The van der Waals surface area contributed by atoms with Crippen molar-refractivity contribution >= 4 is 64.2 Å². The molecular weight excluding hydrogens is 703 g/mol. The van der Waals surface area contributed by atoms with Gasteiger partial charge in [0.05, 0.1) is 37.7 Å². The lowest BCUT2D eigenvalue weighted by atomic mass is 9.66. The Kier molecular flexibility index (Phi) is 5.95. The molecule has 8 aromatic carbocycles. The zero-order valence-corrected chi connectivity index (χ0v) is 30.7. The van der Waals surface area contributed by atoms with E-state index in [1.54, 1.807) is 11.3 Å². The molecule has 1 aliphatic heterocycles. The van der Waals surface area contributed by atoms with Crippen LogP contribution in [0.15, 0.2) is 176 Å². The van der Waals surface area contributed by atoms with E-state index >= 15 is 0 Å². The molecule has 0 unspecified atom stereocenters. The van der Waals surface area contributed by atoms with E-state index in [1.807, 2.05) is 0 Å². The molecule has 0 atom stereocenters. The van der Waals surface area contributed by atoms with Crippen LogP contribution in [0.1, 0.15) is 22.3 Å². The van der Waals surface area contributed by atoms with Crippen molar-refractivity contribution in [1.82, 2.24) is 14.5 Å². The van der Waals surface area contributed by atoms with Crippen LogP contribution in [0.25, 0.3) is 81.2 Å². The molecule has 0 fully saturated rings. The van der Waals surface area contributed by atoms with E-state index in [4.69, 9.17) is 14.7 Å². The van der Waals surface area contributed by atoms with Gasteiger partial charge in [0.15, 0.2) is 0 Å². The number of para-hydroxylation sites is 2. The number of fused-ring (bicyclic) bond motifs is 17. The SMILES string of the molecule is c1ccc2c(c1)Oc1c(ccc3c1c1ccccc1n3-c1nc(-c3cccc4ccccc34)c3sc4ccccc4c3n1)C21c2ccccc2-c2ccccc21. The predicted molar refractivity (Wildman–Crippen MR) is 230 cm³/mol. The lowest BCUT2D eigenvalue weighted by Gasteiger charge is -2.39. The summed E-state index contributed by atoms with van der Waals surface area (Å²) in [6, 6.07) is 63.2. The molecule has 5 heteroatoms. The van der Waals surface area contributed by atoms with E-state index in [2.05, 4.69) is 180 Å². The normalized spacial score (nSPS) is 13.6. The van der Waals surface area contributed by atoms with Gasteiger partial charge in [-0.3, -0.25) is 4.57 Å². The summed E-state index contributed by atoms with van der Waals surface area (Å²) in [6.07, 6.45) is 0. The van der Waals surface area contributed by atoms with E-state index in [0.717, 1.165) is 71.3 Å². The van der Waals surface area contributed by atoms with Gasteiger partial charge in [0.1, 0.15) is 11.5 Å². The van der Waals surface area contributed by atoms with Crippen molar-refractivity contribution in [2.75, 3.05) is 0 Å². The smallest absolute Gasteiger partial charge is 0.235 e. The number of thiophene rings is 1. The van der Waals surface area contributed by atoms with E-state index in [-0.39, 0.29) is 0 Å². The molecule has 0 N–H and O–H groups in total. The Labute approximate surface area is 325 Å². The van der Waals surface area contributed by atoms with E-state index < -0.39 is 5.41 Å². The minimum absolute atomic E-state index is 0.554. The van der Waals surface area contributed by atoms with Crippen molar-refractivity contribution in [3.05, 3.63) is 198 Å². The van der Waals surface area contributed by atoms with Crippen molar-refractivity contribution in [2.45, 2.75) is 5.41 Å². The minimum Gasteiger partial charge on any atom is -0.456 e. The number of nitrogens with zero attached hydrogens (tertiary/aromatic N) is 3. The summed E-state index contributed by atoms with van der Waals surface area (Å²) in [4.78, 5) is 11.0. The van der Waals surface area contributed by atoms with Crippen molar-refractivity contribution < 1.29 is 4.74 Å². The summed E-state index contributed by atoms with van der Waals surface area (Å²) in [7, 11) is 0. The van der Waals surface area contributed by atoms with Crippen molar-refractivity contribution in [3.63, 3.8) is 0 Å². The maximum absolute atomic E-state index is 7.17. The van der Waals surface area contributed by atoms with Crippen LogP contribution in [0.2, 0.25) is 0 Å². The summed E-state index contributed by atoms with van der Waals surface area (Å²) in [5, 5.41) is 5.64. The molecule has 13 rings (SSSR count). The van der Waals surface area contributed by atoms with Gasteiger partial charge in [0.25, 0.3) is 0 Å². The fourth-order valence-corrected chi connectivity index (χ4v) is 11.0. The van der Waals surface area contributed by atoms with Crippen LogP contribution in [0.4, 0.5) is 0 Å². The maximum Gasteiger partial charge on any atom is 0.235 e. The summed E-state index contributed by atoms with van der Waals surface area (Å²) >= 11 is 1.76. The fraction of sp³-hybridized carbons (Fsp3) is 0.0196. The second-order valence-corrected chi connectivity index (χ2v) is 15.9. The van der Waals surface area contributed by atoms with Gasteiger partial charge in [0, 0.05) is 32.2 Å². The first kappa shape index (κ1) is 30.3. The Morgan fingerprint density at radius 3 is 1.96 bits per heavy atom. The summed E-state index contributed by atoms with van der Waals surface area (Å²) in [5.41, 5.74) is 11.9. The Morgan fingerprint density at radius 2 is 1.12 bits per heavy atom. The number of aromatic nitrogens is 3. The number of hydrogen-bond acceptors (Lipinski definition) is 4. The van der Waals surface area contributed by atoms with Crippen molar-refractivity contribution in [2.24, 2.45) is 0 Å². The van der Waals surface area contributed by atoms with Gasteiger partial charge in [-0.05, 0) is 57.3 Å². The molecule has 260 valence electrons. The predicted octanol–water partition coefficient (Wildman–Crippen LogP) is 13.2. The van der Waals surface area contributed by atoms with Crippen LogP contribution in [0.5, 0.6) is 11.5 Å². The number of rotatable bonds is 2. The summed E-state index contributed by atoms with van der Waals surface area (Å²) in [6.45, 7) is 0. The molecule has 1 spiro atoms. The largest absolute Gasteiger partial charge is 0.456 e. The molecule has 1 aliphatic carbocycles. The van der Waals surface area contributed by atoms with Gasteiger partial charge >= 0.3 is 0 Å². The number of hydrogen-bond donors (Lipinski definition) is 0. The first-order valence-electron chi connectivity index (χ1n) is 19.0. The molecule has 3 aromatic heterocycles. The van der Waals surface area contributed by atoms with Gasteiger partial charge < -0.3 is 4.74 Å². The second kappa shape index (κ2) is 11.0. The van der Waals surface area contributed by atoms with E-state index in [0.29, 0.717) is 5.95 Å². The highest BCUT2D eigenvalue weighted by Gasteiger charge is 2.51. The third-order valence-corrected chi connectivity index (χ3v) is 13.3. The molecule has 2 aliphatic rings. The summed E-state index contributed by atoms with van der Waals surface area (Å²) < 4.78 is 11.7. The molecule has 0 saturated carbocycles. The quantitative estimate of drug-likeness (QED) is 0.178. The second-order valence-electron chi connectivity index (χ2n) is 14.8. The van der Waals surface area contributed by atoms with Gasteiger partial charge in [-0.2, -0.15) is 0 Å². The third kappa shape index (κ3) is 3.77. The highest BCUT2D eigenvalue weighted by Crippen LogP contribution is 2.63. The Hall–Kier alpha value is -7.08. The Bertz CT molecular complexity index is 3430. The van der Waals surface area contributed by atoms with Crippen molar-refractivity contribution in [3.8, 4) is 39.8 Å². The Balaban J connectivity index is 1.16. The average molecular weight is 732 g/mol. The fourth-order valence-electron chi connectivity index (χ4n) is 9.87. The standard InChI is InChI=1S/C51H29N3OS/c1-2-16-31-30(14-1)15-13-21-34(31)46-49-47(36-20-6-12-27-44(36)56-49)53-50(52-46)54-41-25-10-5-19-35(41)45-42(54)29-28-40-48(45)55-43-26-11-9-24-39(43)51(40)37-22-7-3-17-32(37)33-18-4-8-23-38(33)51/h1-29H. The lowest BCUT2D eigenvalue weighted by molar-refractivity contribution is 0.442. The molecule has 0 saturated heterocycles. The van der Waals surface area contributed by atoms with Crippen LogP contribution >= 0.6 is 11.3 Å². The highest BCUT2D eigenvalue weighted by molar-refractivity contribution is 7.26. The number of ether oxygens (including phenoxy) is 1. The van der Waals surface area contributed by atoms with Crippen LogP contribution in [-0.4, -0.2) is 14.5 Å². The topological polar surface area (TPSA) is 39.9 Å². The maximum atomic E-state index is 7.17. The molecule has 0 radical (unpaired) electrons. The molecule has 0 bridgehead atoms. The lowest BCUT2D eigenvalue weighted by Crippen LogP contribution is -2.32. The first-order valence-corrected chi connectivity index (χ1v) is 19.8. The zero-order chi connectivity index (χ0) is 36.5. The molecule has 56 heavy (non-hydrogen) atoms. The van der Waals surface area contributed by atoms with Crippen LogP contribution < -0.4 is 4.74 Å². The average Bonchev–Trinajstić information content (AvgIpc) is 3.90. The molecular formula is C51H29N3OS. The third-order valence-electron chi connectivity index (χ3n) is 12.1.